The zero-order chi connectivity index (χ0) is 15.5. The van der Waals surface area contributed by atoms with E-state index in [9.17, 15) is 4.79 Å². The van der Waals surface area contributed by atoms with Crippen LogP contribution in [0.25, 0.3) is 5.69 Å². The van der Waals surface area contributed by atoms with Crippen LogP contribution in [0.1, 0.15) is 22.0 Å². The summed E-state index contributed by atoms with van der Waals surface area (Å²) in [6.45, 7) is 2.23. The van der Waals surface area contributed by atoms with E-state index in [4.69, 9.17) is 0 Å². The molecule has 2 heterocycles. The molecule has 0 fully saturated rings. The maximum Gasteiger partial charge on any atom is 0.272 e. The second-order valence-electron chi connectivity index (χ2n) is 4.96. The first-order valence-corrected chi connectivity index (χ1v) is 6.88. The Bertz CT molecular complexity index is 789. The molecule has 3 rings (SSSR count). The third-order valence-electron chi connectivity index (χ3n) is 3.33. The highest BCUT2D eigenvalue weighted by atomic mass is 16.1. The second kappa shape index (κ2) is 5.80. The van der Waals surface area contributed by atoms with E-state index in [2.05, 4.69) is 20.6 Å². The third-order valence-corrected chi connectivity index (χ3v) is 3.33. The average molecular weight is 296 g/mol. The summed E-state index contributed by atoms with van der Waals surface area (Å²) < 4.78 is 3.51. The molecule has 0 spiro atoms. The van der Waals surface area contributed by atoms with E-state index < -0.39 is 0 Å². The number of hydrogen-bond donors (Lipinski definition) is 1. The van der Waals surface area contributed by atoms with Crippen molar-refractivity contribution in [2.75, 3.05) is 0 Å². The van der Waals surface area contributed by atoms with Crippen LogP contribution in [-0.2, 0) is 13.6 Å². The van der Waals surface area contributed by atoms with E-state index in [1.54, 1.807) is 21.6 Å². The highest BCUT2D eigenvalue weighted by Gasteiger charge is 2.13. The van der Waals surface area contributed by atoms with Crippen LogP contribution in [0, 0.1) is 6.92 Å². The van der Waals surface area contributed by atoms with Crippen LogP contribution < -0.4 is 5.32 Å². The van der Waals surface area contributed by atoms with Crippen molar-refractivity contribution in [1.82, 2.24) is 29.9 Å². The highest BCUT2D eigenvalue weighted by molar-refractivity contribution is 5.92. The third kappa shape index (κ3) is 2.73. The predicted octanol–water partition coefficient (Wildman–Crippen LogP) is 1.24. The van der Waals surface area contributed by atoms with E-state index in [0.717, 1.165) is 11.4 Å². The summed E-state index contributed by atoms with van der Waals surface area (Å²) in [4.78, 5) is 12.2. The Morgan fingerprint density at radius 1 is 1.27 bits per heavy atom. The molecule has 22 heavy (non-hydrogen) atoms. The molecule has 7 nitrogen and oxygen atoms in total. The van der Waals surface area contributed by atoms with Gasteiger partial charge in [0.2, 0.25) is 0 Å². The quantitative estimate of drug-likeness (QED) is 0.785. The molecule has 0 atom stereocenters. The number of para-hydroxylation sites is 1. The topological polar surface area (TPSA) is 77.6 Å². The molecule has 1 amide bonds. The lowest BCUT2D eigenvalue weighted by molar-refractivity contribution is 0.0944. The minimum atomic E-state index is -0.235. The molecule has 0 aliphatic carbocycles. The molecule has 0 radical (unpaired) electrons. The molecule has 7 heteroatoms. The molecule has 0 aliphatic heterocycles. The SMILES string of the molecule is Cc1cc(C(=O)NCc2nncn2C)nn1-c1ccccc1. The van der Waals surface area contributed by atoms with Crippen LogP contribution in [0.15, 0.2) is 42.7 Å². The molecule has 0 aliphatic rings. The van der Waals surface area contributed by atoms with Crippen LogP contribution in [0.5, 0.6) is 0 Å². The van der Waals surface area contributed by atoms with Gasteiger partial charge in [-0.2, -0.15) is 5.10 Å². The number of amides is 1. The Kier molecular flexibility index (Phi) is 3.69. The van der Waals surface area contributed by atoms with Crippen molar-refractivity contribution < 1.29 is 4.79 Å². The van der Waals surface area contributed by atoms with Crippen LogP contribution >= 0.6 is 0 Å². The lowest BCUT2D eigenvalue weighted by Gasteiger charge is -2.03. The zero-order valence-corrected chi connectivity index (χ0v) is 12.4. The highest BCUT2D eigenvalue weighted by Crippen LogP contribution is 2.11. The van der Waals surface area contributed by atoms with Gasteiger partial charge >= 0.3 is 0 Å². The summed E-state index contributed by atoms with van der Waals surface area (Å²) in [5, 5.41) is 14.9. The number of nitrogens with zero attached hydrogens (tertiary/aromatic N) is 5. The number of hydrogen-bond acceptors (Lipinski definition) is 4. The molecule has 1 aromatic carbocycles. The summed E-state index contributed by atoms with van der Waals surface area (Å²) in [6.07, 6.45) is 1.59. The maximum absolute atomic E-state index is 12.2. The first kappa shape index (κ1) is 14.0. The van der Waals surface area contributed by atoms with Crippen molar-refractivity contribution in [2.24, 2.45) is 7.05 Å². The number of aromatic nitrogens is 5. The first-order chi connectivity index (χ1) is 10.6. The van der Waals surface area contributed by atoms with Gasteiger partial charge in [0, 0.05) is 12.7 Å². The Labute approximate surface area is 127 Å². The summed E-state index contributed by atoms with van der Waals surface area (Å²) in [5.74, 6) is 0.452. The molecule has 2 aromatic heterocycles. The van der Waals surface area contributed by atoms with Gasteiger partial charge in [-0.15, -0.1) is 10.2 Å². The fourth-order valence-corrected chi connectivity index (χ4v) is 2.13. The standard InChI is InChI=1S/C15H16N6O/c1-11-8-13(19-21(11)12-6-4-3-5-7-12)15(22)16-9-14-18-17-10-20(14)2/h3-8,10H,9H2,1-2H3,(H,16,22). The van der Waals surface area contributed by atoms with Crippen LogP contribution in [0.3, 0.4) is 0 Å². The smallest absolute Gasteiger partial charge is 0.272 e. The van der Waals surface area contributed by atoms with Gasteiger partial charge in [-0.25, -0.2) is 4.68 Å². The molecular formula is C15H16N6O. The van der Waals surface area contributed by atoms with Gasteiger partial charge in [0.15, 0.2) is 11.5 Å². The van der Waals surface area contributed by atoms with E-state index in [1.807, 2.05) is 44.3 Å². The van der Waals surface area contributed by atoms with E-state index in [-0.39, 0.29) is 5.91 Å². The minimum absolute atomic E-state index is 0.235. The molecular weight excluding hydrogens is 280 g/mol. The Morgan fingerprint density at radius 3 is 2.73 bits per heavy atom. The maximum atomic E-state index is 12.2. The summed E-state index contributed by atoms with van der Waals surface area (Å²) in [7, 11) is 1.83. The number of carbonyl (C=O) groups excluding carboxylic acids is 1. The molecule has 1 N–H and O–H groups in total. The van der Waals surface area contributed by atoms with Crippen LogP contribution in [-0.4, -0.2) is 30.5 Å². The number of carbonyl (C=O) groups is 1. The van der Waals surface area contributed by atoms with E-state index >= 15 is 0 Å². The molecule has 3 aromatic rings. The fourth-order valence-electron chi connectivity index (χ4n) is 2.13. The van der Waals surface area contributed by atoms with Gasteiger partial charge in [0.25, 0.3) is 5.91 Å². The van der Waals surface area contributed by atoms with Crippen molar-refractivity contribution >= 4 is 5.91 Å². The molecule has 0 unspecified atom stereocenters. The van der Waals surface area contributed by atoms with Gasteiger partial charge in [0.1, 0.15) is 6.33 Å². The number of benzene rings is 1. The van der Waals surface area contributed by atoms with E-state index in [1.165, 1.54) is 0 Å². The number of rotatable bonds is 4. The minimum Gasteiger partial charge on any atom is -0.343 e. The van der Waals surface area contributed by atoms with Gasteiger partial charge in [0.05, 0.1) is 12.2 Å². The zero-order valence-electron chi connectivity index (χ0n) is 12.4. The van der Waals surface area contributed by atoms with Crippen molar-refractivity contribution in [3.63, 3.8) is 0 Å². The molecule has 0 saturated carbocycles. The second-order valence-corrected chi connectivity index (χ2v) is 4.96. The predicted molar refractivity (Wildman–Crippen MR) is 80.5 cm³/mol. The average Bonchev–Trinajstić information content (AvgIpc) is 3.12. The van der Waals surface area contributed by atoms with Gasteiger partial charge in [-0.3, -0.25) is 4.79 Å². The summed E-state index contributed by atoms with van der Waals surface area (Å²) in [5.41, 5.74) is 2.20. The lowest BCUT2D eigenvalue weighted by atomic mass is 10.3. The molecule has 0 bridgehead atoms. The van der Waals surface area contributed by atoms with Crippen LogP contribution in [0.2, 0.25) is 0 Å². The van der Waals surface area contributed by atoms with Gasteiger partial charge in [-0.1, -0.05) is 18.2 Å². The normalized spacial score (nSPS) is 10.6. The first-order valence-electron chi connectivity index (χ1n) is 6.88. The number of nitrogens with one attached hydrogen (secondary N) is 1. The summed E-state index contributed by atoms with van der Waals surface area (Å²) >= 11 is 0. The Hall–Kier alpha value is -2.96. The van der Waals surface area contributed by atoms with Crippen molar-refractivity contribution in [1.29, 1.82) is 0 Å². The molecule has 112 valence electrons. The lowest BCUT2D eigenvalue weighted by Crippen LogP contribution is -2.25. The van der Waals surface area contributed by atoms with Crippen molar-refractivity contribution in [3.8, 4) is 5.69 Å². The van der Waals surface area contributed by atoms with Gasteiger partial charge in [-0.05, 0) is 25.1 Å². The summed E-state index contributed by atoms with van der Waals surface area (Å²) in [6, 6.07) is 11.5. The van der Waals surface area contributed by atoms with Crippen molar-refractivity contribution in [2.45, 2.75) is 13.5 Å². The fraction of sp³-hybridized carbons (Fsp3) is 0.200. The molecule has 0 saturated heterocycles. The monoisotopic (exact) mass is 296 g/mol. The Balaban J connectivity index is 1.75. The number of aryl methyl sites for hydroxylation is 2. The van der Waals surface area contributed by atoms with Crippen LogP contribution in [0.4, 0.5) is 0 Å². The van der Waals surface area contributed by atoms with Crippen molar-refractivity contribution in [3.05, 3.63) is 59.9 Å². The Morgan fingerprint density at radius 2 is 2.05 bits per heavy atom. The van der Waals surface area contributed by atoms with E-state index in [0.29, 0.717) is 18.1 Å². The largest absolute Gasteiger partial charge is 0.343 e. The van der Waals surface area contributed by atoms with Gasteiger partial charge < -0.3 is 9.88 Å².